The number of aliphatic hydroxyl groups is 1. The van der Waals surface area contributed by atoms with Crippen LogP contribution in [0.5, 0.6) is 0 Å². The minimum Gasteiger partial charge on any atom is -0.445 e. The molecule has 1 aromatic heterocycles. The van der Waals surface area contributed by atoms with Gasteiger partial charge in [-0.3, -0.25) is 14.6 Å². The van der Waals surface area contributed by atoms with Crippen LogP contribution in [0.15, 0.2) is 48.8 Å². The quantitative estimate of drug-likeness (QED) is 0.542. The zero-order chi connectivity index (χ0) is 25.5. The summed E-state index contributed by atoms with van der Waals surface area (Å²) in [5.41, 5.74) is 8.06. The Bertz CT molecular complexity index is 1040. The summed E-state index contributed by atoms with van der Waals surface area (Å²) in [6.07, 6.45) is 7.16. The molecule has 0 radical (unpaired) electrons. The molecule has 0 bridgehead atoms. The van der Waals surface area contributed by atoms with Crippen molar-refractivity contribution in [3.63, 3.8) is 0 Å². The van der Waals surface area contributed by atoms with Gasteiger partial charge in [0.1, 0.15) is 12.6 Å². The summed E-state index contributed by atoms with van der Waals surface area (Å²) in [5, 5.41) is 12.4. The van der Waals surface area contributed by atoms with E-state index in [4.69, 9.17) is 10.5 Å². The van der Waals surface area contributed by atoms with Crippen molar-refractivity contribution in [3.05, 3.63) is 65.5 Å². The number of rotatable bonds is 7. The number of benzene rings is 1. The lowest BCUT2D eigenvalue weighted by atomic mass is 9.74. The number of pyridine rings is 1. The first-order valence-electron chi connectivity index (χ1n) is 12.6. The highest BCUT2D eigenvalue weighted by atomic mass is 16.6. The fraction of sp³-hybridized carbons (Fsp3) is 0.481. The van der Waals surface area contributed by atoms with Gasteiger partial charge in [0, 0.05) is 37.0 Å². The zero-order valence-electron chi connectivity index (χ0n) is 20.3. The molecule has 0 spiro atoms. The minimum absolute atomic E-state index is 0.0255. The molecule has 1 saturated heterocycles. The van der Waals surface area contributed by atoms with Crippen LogP contribution < -0.4 is 11.1 Å². The minimum atomic E-state index is -0.922. The topological polar surface area (TPSA) is 135 Å². The second-order valence-corrected chi connectivity index (χ2v) is 9.64. The van der Waals surface area contributed by atoms with Gasteiger partial charge < -0.3 is 25.8 Å². The van der Waals surface area contributed by atoms with Gasteiger partial charge in [0.15, 0.2) is 0 Å². The lowest BCUT2D eigenvalue weighted by Crippen LogP contribution is -2.42. The van der Waals surface area contributed by atoms with Crippen LogP contribution in [0.1, 0.15) is 67.2 Å². The first kappa shape index (κ1) is 25.6. The maximum Gasteiger partial charge on any atom is 0.410 e. The Morgan fingerprint density at radius 3 is 2.47 bits per heavy atom. The molecule has 36 heavy (non-hydrogen) atoms. The van der Waals surface area contributed by atoms with Crippen LogP contribution in [0.2, 0.25) is 0 Å². The number of nitrogens with zero attached hydrogens (tertiary/aromatic N) is 2. The number of aliphatic hydroxyl groups excluding tert-OH is 1. The van der Waals surface area contributed by atoms with Crippen molar-refractivity contribution in [1.82, 2.24) is 15.2 Å². The summed E-state index contributed by atoms with van der Waals surface area (Å²) < 4.78 is 5.45. The number of amides is 3. The molecule has 1 aromatic carbocycles. The smallest absolute Gasteiger partial charge is 0.410 e. The van der Waals surface area contributed by atoms with E-state index >= 15 is 0 Å². The summed E-state index contributed by atoms with van der Waals surface area (Å²) >= 11 is 0. The lowest BCUT2D eigenvalue weighted by molar-refractivity contribution is -0.131. The van der Waals surface area contributed by atoms with E-state index in [1.807, 2.05) is 24.3 Å². The summed E-state index contributed by atoms with van der Waals surface area (Å²) in [5.74, 6) is -1.05. The first-order valence-corrected chi connectivity index (χ1v) is 12.6. The molecule has 9 nitrogen and oxygen atoms in total. The number of piperidine rings is 1. The Hall–Kier alpha value is -3.46. The fourth-order valence-electron chi connectivity index (χ4n) is 5.10. The molecule has 3 atom stereocenters. The van der Waals surface area contributed by atoms with E-state index in [0.717, 1.165) is 36.8 Å². The van der Waals surface area contributed by atoms with Crippen molar-refractivity contribution in [2.45, 2.75) is 63.2 Å². The summed E-state index contributed by atoms with van der Waals surface area (Å²) in [7, 11) is 0. The van der Waals surface area contributed by atoms with E-state index in [1.54, 1.807) is 23.2 Å². The summed E-state index contributed by atoms with van der Waals surface area (Å²) in [6, 6.07) is 10.3. The predicted molar refractivity (Wildman–Crippen MR) is 132 cm³/mol. The second kappa shape index (κ2) is 12.0. The molecule has 1 aliphatic heterocycles. The van der Waals surface area contributed by atoms with Crippen molar-refractivity contribution >= 4 is 17.9 Å². The summed E-state index contributed by atoms with van der Waals surface area (Å²) in [6.45, 7) is 1.17. The molecule has 9 heteroatoms. The van der Waals surface area contributed by atoms with Crippen molar-refractivity contribution in [2.75, 3.05) is 13.1 Å². The number of aromatic nitrogens is 1. The predicted octanol–water partition coefficient (Wildman–Crippen LogP) is 2.79. The van der Waals surface area contributed by atoms with Gasteiger partial charge in [-0.25, -0.2) is 4.79 Å². The molecular formula is C27H34N4O5. The molecule has 2 aliphatic rings. The molecule has 1 saturated carbocycles. The van der Waals surface area contributed by atoms with Crippen LogP contribution in [0, 0.1) is 5.92 Å². The third-order valence-electron chi connectivity index (χ3n) is 7.18. The molecule has 2 aromatic rings. The van der Waals surface area contributed by atoms with Gasteiger partial charge in [0.05, 0.1) is 6.10 Å². The number of nitrogens with one attached hydrogen (secondary N) is 1. The number of ether oxygens (including phenoxy) is 1. The second-order valence-electron chi connectivity index (χ2n) is 9.64. The Labute approximate surface area is 211 Å². The van der Waals surface area contributed by atoms with Crippen LogP contribution in [0.25, 0.3) is 0 Å². The van der Waals surface area contributed by atoms with E-state index in [1.165, 1.54) is 6.20 Å². The third kappa shape index (κ3) is 6.40. The Kier molecular flexibility index (Phi) is 8.53. The molecule has 0 unspecified atom stereocenters. The third-order valence-corrected chi connectivity index (χ3v) is 7.18. The van der Waals surface area contributed by atoms with Crippen LogP contribution in [0.3, 0.4) is 0 Å². The van der Waals surface area contributed by atoms with Crippen LogP contribution in [-0.2, 0) is 20.9 Å². The highest BCUT2D eigenvalue weighted by Crippen LogP contribution is 2.38. The number of hydrogen-bond acceptors (Lipinski definition) is 6. The van der Waals surface area contributed by atoms with Gasteiger partial charge in [-0.2, -0.15) is 0 Å². The molecule has 3 amide bonds. The summed E-state index contributed by atoms with van der Waals surface area (Å²) in [4.78, 5) is 43.3. The Morgan fingerprint density at radius 2 is 1.81 bits per heavy atom. The highest BCUT2D eigenvalue weighted by Gasteiger charge is 2.34. The fourth-order valence-corrected chi connectivity index (χ4v) is 5.10. The first-order chi connectivity index (χ1) is 17.4. The molecule has 4 N–H and O–H groups in total. The van der Waals surface area contributed by atoms with Crippen molar-refractivity contribution in [1.29, 1.82) is 0 Å². The maximum atomic E-state index is 13.3. The highest BCUT2D eigenvalue weighted by molar-refractivity contribution is 5.88. The standard InChI is InChI=1S/C27H34N4O5/c28-25(33)24(20-4-3-13-29-16-20)30-26(34)23-6-2-1-5-22(23)19-9-7-18(8-10-19)17-36-27(35)31-14-11-21(32)12-15-31/h3-4,7-10,13,16,21-24,32H,1-2,5-6,11-12,14-15,17H2,(H2,28,33)(H,30,34)/t22-,23+,24-/m0/s1. The van der Waals surface area contributed by atoms with E-state index in [2.05, 4.69) is 10.3 Å². The van der Waals surface area contributed by atoms with Gasteiger partial charge in [-0.1, -0.05) is 43.2 Å². The molecule has 1 aliphatic carbocycles. The van der Waals surface area contributed by atoms with Crippen LogP contribution in [-0.4, -0.2) is 52.1 Å². The molecule has 2 fully saturated rings. The monoisotopic (exact) mass is 494 g/mol. The Morgan fingerprint density at radius 1 is 1.08 bits per heavy atom. The van der Waals surface area contributed by atoms with Gasteiger partial charge in [0.25, 0.3) is 0 Å². The average molecular weight is 495 g/mol. The van der Waals surface area contributed by atoms with E-state index < -0.39 is 11.9 Å². The largest absolute Gasteiger partial charge is 0.445 e. The SMILES string of the molecule is NC(=O)[C@@H](NC(=O)[C@@H]1CCCC[C@H]1c1ccc(COC(=O)N2CCC(O)CC2)cc1)c1cccnc1. The van der Waals surface area contributed by atoms with Gasteiger partial charge in [-0.05, 0) is 48.8 Å². The van der Waals surface area contributed by atoms with E-state index in [0.29, 0.717) is 31.5 Å². The van der Waals surface area contributed by atoms with Crippen molar-refractivity contribution < 1.29 is 24.2 Å². The van der Waals surface area contributed by atoms with Crippen molar-refractivity contribution in [2.24, 2.45) is 11.7 Å². The normalized spacial score (nSPS) is 21.4. The van der Waals surface area contributed by atoms with E-state index in [-0.39, 0.29) is 36.5 Å². The number of likely N-dealkylation sites (tertiary alicyclic amines) is 1. The van der Waals surface area contributed by atoms with Gasteiger partial charge >= 0.3 is 6.09 Å². The van der Waals surface area contributed by atoms with Crippen LogP contribution in [0.4, 0.5) is 4.79 Å². The zero-order valence-corrected chi connectivity index (χ0v) is 20.3. The number of carbonyl (C=O) groups is 3. The van der Waals surface area contributed by atoms with E-state index in [9.17, 15) is 19.5 Å². The molecule has 192 valence electrons. The maximum absolute atomic E-state index is 13.3. The number of nitrogens with two attached hydrogens (primary N) is 1. The van der Waals surface area contributed by atoms with Crippen LogP contribution >= 0.6 is 0 Å². The molecular weight excluding hydrogens is 460 g/mol. The number of hydrogen-bond donors (Lipinski definition) is 3. The number of carbonyl (C=O) groups excluding carboxylic acids is 3. The Balaban J connectivity index is 1.37. The molecule has 2 heterocycles. The van der Waals surface area contributed by atoms with Gasteiger partial charge in [-0.15, -0.1) is 0 Å². The lowest BCUT2D eigenvalue weighted by Gasteiger charge is -2.32. The van der Waals surface area contributed by atoms with Gasteiger partial charge in [0.2, 0.25) is 11.8 Å². The van der Waals surface area contributed by atoms with Crippen molar-refractivity contribution in [3.8, 4) is 0 Å². The number of primary amides is 1. The molecule has 4 rings (SSSR count). The average Bonchev–Trinajstić information content (AvgIpc) is 2.91.